The highest BCUT2D eigenvalue weighted by molar-refractivity contribution is 4.62. The molecule has 0 aliphatic heterocycles. The van der Waals surface area contributed by atoms with Crippen molar-refractivity contribution in [3.63, 3.8) is 0 Å². The number of hydrogen-bond donors (Lipinski definition) is 2. The van der Waals surface area contributed by atoms with E-state index in [1.807, 2.05) is 6.92 Å². The highest BCUT2D eigenvalue weighted by Gasteiger charge is 2.10. The van der Waals surface area contributed by atoms with Gasteiger partial charge in [-0.05, 0) is 31.6 Å². The van der Waals surface area contributed by atoms with E-state index in [-0.39, 0.29) is 12.2 Å². The molecule has 2 atom stereocenters. The minimum atomic E-state index is -0.327. The van der Waals surface area contributed by atoms with Gasteiger partial charge in [-0.3, -0.25) is 0 Å². The highest BCUT2D eigenvalue weighted by atomic mass is 16.3. The van der Waals surface area contributed by atoms with Crippen LogP contribution in [0.25, 0.3) is 0 Å². The summed E-state index contributed by atoms with van der Waals surface area (Å²) in [4.78, 5) is 0. The molecule has 0 fully saturated rings. The Bertz CT molecular complexity index is 102. The second-order valence-electron chi connectivity index (χ2n) is 3.92. The van der Waals surface area contributed by atoms with Gasteiger partial charge in [-0.25, -0.2) is 0 Å². The van der Waals surface area contributed by atoms with Gasteiger partial charge in [-0.15, -0.1) is 0 Å². The van der Waals surface area contributed by atoms with Crippen LogP contribution < -0.4 is 0 Å². The summed E-state index contributed by atoms with van der Waals surface area (Å²) in [6.45, 7) is 6.21. The fourth-order valence-corrected chi connectivity index (χ4v) is 1.12. The third-order valence-electron chi connectivity index (χ3n) is 2.09. The lowest BCUT2D eigenvalue weighted by Crippen LogP contribution is -2.17. The molecule has 0 saturated heterocycles. The zero-order valence-electron chi connectivity index (χ0n) is 8.45. The first kappa shape index (κ1) is 11.9. The molecule has 0 saturated carbocycles. The van der Waals surface area contributed by atoms with Gasteiger partial charge in [0.15, 0.2) is 0 Å². The molecule has 2 heteroatoms. The molecule has 0 radical (unpaired) electrons. The highest BCUT2D eigenvalue weighted by Crippen LogP contribution is 2.11. The quantitative estimate of drug-likeness (QED) is 0.646. The van der Waals surface area contributed by atoms with Crippen LogP contribution in [0.2, 0.25) is 0 Å². The zero-order chi connectivity index (χ0) is 9.56. The van der Waals surface area contributed by atoms with Crippen LogP contribution >= 0.6 is 0 Å². The smallest absolute Gasteiger partial charge is 0.0565 e. The Morgan fingerprint density at radius 3 is 2.00 bits per heavy atom. The topological polar surface area (TPSA) is 40.5 Å². The minimum Gasteiger partial charge on any atom is -0.393 e. The van der Waals surface area contributed by atoms with E-state index in [2.05, 4.69) is 13.8 Å². The van der Waals surface area contributed by atoms with Gasteiger partial charge in [0.1, 0.15) is 0 Å². The average Bonchev–Trinajstić information content (AvgIpc) is 2.00. The lowest BCUT2D eigenvalue weighted by molar-refractivity contribution is 0.0705. The molecule has 0 bridgehead atoms. The maximum absolute atomic E-state index is 9.44. The van der Waals surface area contributed by atoms with E-state index in [1.54, 1.807) is 0 Å². The fraction of sp³-hybridized carbons (Fsp3) is 1.00. The molecule has 0 rings (SSSR count). The van der Waals surface area contributed by atoms with Crippen molar-refractivity contribution in [3.8, 4) is 0 Å². The Kier molecular flexibility index (Phi) is 6.39. The number of aliphatic hydroxyl groups excluding tert-OH is 2. The summed E-state index contributed by atoms with van der Waals surface area (Å²) in [5.41, 5.74) is 0. The number of aliphatic hydroxyl groups is 2. The van der Waals surface area contributed by atoms with Gasteiger partial charge in [0.2, 0.25) is 0 Å². The summed E-state index contributed by atoms with van der Waals surface area (Å²) in [6.07, 6.45) is 2.48. The summed E-state index contributed by atoms with van der Waals surface area (Å²) < 4.78 is 0. The molecule has 0 aromatic carbocycles. The molecular weight excluding hydrogens is 152 g/mol. The van der Waals surface area contributed by atoms with Crippen molar-refractivity contribution >= 4 is 0 Å². The molecule has 0 heterocycles. The van der Waals surface area contributed by atoms with Crippen LogP contribution in [0.3, 0.4) is 0 Å². The van der Waals surface area contributed by atoms with Crippen molar-refractivity contribution in [2.75, 3.05) is 0 Å². The van der Waals surface area contributed by atoms with E-state index in [0.717, 1.165) is 19.3 Å². The predicted molar refractivity (Wildman–Crippen MR) is 51.0 cm³/mol. The van der Waals surface area contributed by atoms with Gasteiger partial charge in [0.05, 0.1) is 12.2 Å². The molecule has 0 aliphatic carbocycles. The Labute approximate surface area is 75.6 Å². The van der Waals surface area contributed by atoms with Gasteiger partial charge in [0, 0.05) is 0 Å². The van der Waals surface area contributed by atoms with Crippen molar-refractivity contribution in [1.29, 1.82) is 0 Å². The Morgan fingerprint density at radius 1 is 1.00 bits per heavy atom. The molecule has 2 N–H and O–H groups in total. The van der Waals surface area contributed by atoms with E-state index in [0.29, 0.717) is 12.3 Å². The maximum Gasteiger partial charge on any atom is 0.0565 e. The Morgan fingerprint density at radius 2 is 1.58 bits per heavy atom. The molecule has 0 aromatic rings. The second kappa shape index (κ2) is 6.44. The van der Waals surface area contributed by atoms with E-state index < -0.39 is 0 Å². The fourth-order valence-electron chi connectivity index (χ4n) is 1.12. The zero-order valence-corrected chi connectivity index (χ0v) is 8.45. The van der Waals surface area contributed by atoms with Crippen molar-refractivity contribution in [3.05, 3.63) is 0 Å². The van der Waals surface area contributed by atoms with Crippen LogP contribution in [0.15, 0.2) is 0 Å². The van der Waals surface area contributed by atoms with Crippen LogP contribution in [-0.4, -0.2) is 22.4 Å². The van der Waals surface area contributed by atoms with Crippen LogP contribution in [-0.2, 0) is 0 Å². The molecule has 0 spiro atoms. The van der Waals surface area contributed by atoms with Gasteiger partial charge in [-0.1, -0.05) is 20.8 Å². The van der Waals surface area contributed by atoms with Crippen LogP contribution in [0, 0.1) is 5.92 Å². The maximum atomic E-state index is 9.44. The van der Waals surface area contributed by atoms with Gasteiger partial charge in [-0.2, -0.15) is 0 Å². The van der Waals surface area contributed by atoms with Crippen molar-refractivity contribution in [2.45, 2.75) is 58.7 Å². The summed E-state index contributed by atoms with van der Waals surface area (Å²) in [6, 6.07) is 0. The lowest BCUT2D eigenvalue weighted by Gasteiger charge is -2.14. The van der Waals surface area contributed by atoms with E-state index in [9.17, 15) is 10.2 Å². The molecule has 0 amide bonds. The largest absolute Gasteiger partial charge is 0.393 e. The third-order valence-corrected chi connectivity index (χ3v) is 2.09. The SMILES string of the molecule is CCC(O)CC(O)CCC(C)C. The number of hydrogen-bond acceptors (Lipinski definition) is 2. The molecule has 2 nitrogen and oxygen atoms in total. The second-order valence-corrected chi connectivity index (χ2v) is 3.92. The summed E-state index contributed by atoms with van der Waals surface area (Å²) in [7, 11) is 0. The molecule has 12 heavy (non-hydrogen) atoms. The lowest BCUT2D eigenvalue weighted by atomic mass is 10.0. The first-order valence-electron chi connectivity index (χ1n) is 4.92. The van der Waals surface area contributed by atoms with Crippen LogP contribution in [0.4, 0.5) is 0 Å². The standard InChI is InChI=1S/C10H22O2/c1-4-9(11)7-10(12)6-5-8(2)3/h8-12H,4-7H2,1-3H3. The van der Waals surface area contributed by atoms with E-state index in [1.165, 1.54) is 0 Å². The summed E-state index contributed by atoms with van der Waals surface area (Å²) >= 11 is 0. The first-order valence-corrected chi connectivity index (χ1v) is 4.92. The van der Waals surface area contributed by atoms with Gasteiger partial charge >= 0.3 is 0 Å². The average molecular weight is 174 g/mol. The first-order chi connectivity index (χ1) is 5.56. The monoisotopic (exact) mass is 174 g/mol. The molecule has 74 valence electrons. The molecular formula is C10H22O2. The summed E-state index contributed by atoms with van der Waals surface area (Å²) in [5, 5.41) is 18.7. The molecule has 0 aromatic heterocycles. The van der Waals surface area contributed by atoms with Crippen molar-refractivity contribution < 1.29 is 10.2 Å². The van der Waals surface area contributed by atoms with Crippen LogP contribution in [0.5, 0.6) is 0 Å². The number of rotatable bonds is 6. The Hall–Kier alpha value is -0.0800. The van der Waals surface area contributed by atoms with Crippen molar-refractivity contribution in [1.82, 2.24) is 0 Å². The van der Waals surface area contributed by atoms with Crippen molar-refractivity contribution in [2.24, 2.45) is 5.92 Å². The third kappa shape index (κ3) is 6.62. The minimum absolute atomic E-state index is 0.317. The molecule has 2 unspecified atom stereocenters. The van der Waals surface area contributed by atoms with Crippen LogP contribution in [0.1, 0.15) is 46.5 Å². The van der Waals surface area contributed by atoms with Gasteiger partial charge < -0.3 is 10.2 Å². The predicted octanol–water partition coefficient (Wildman–Crippen LogP) is 1.94. The van der Waals surface area contributed by atoms with Gasteiger partial charge in [0.25, 0.3) is 0 Å². The normalized spacial score (nSPS) is 16.5. The Balaban J connectivity index is 3.39. The van der Waals surface area contributed by atoms with E-state index >= 15 is 0 Å². The van der Waals surface area contributed by atoms with E-state index in [4.69, 9.17) is 0 Å². The molecule has 0 aliphatic rings. The summed E-state index contributed by atoms with van der Waals surface area (Å²) in [5.74, 6) is 0.637.